The number of hydrogen-bond acceptors (Lipinski definition) is 3. The summed E-state index contributed by atoms with van der Waals surface area (Å²) in [5.74, 6) is 0. The van der Waals surface area contributed by atoms with Crippen molar-refractivity contribution in [2.45, 2.75) is 0 Å². The fraction of sp³-hybridized carbons (Fsp3) is 0. The number of rotatable bonds is 0. The molecule has 0 amide bonds. The number of hydrogen-bond donors (Lipinski definition) is 4. The van der Waals surface area contributed by atoms with Gasteiger partial charge in [-0.3, -0.25) is 4.46 Å². The van der Waals surface area contributed by atoms with Crippen LogP contribution in [0.25, 0.3) is 0 Å². The fourth-order valence-corrected chi connectivity index (χ4v) is 0. The topological polar surface area (TPSA) is 132 Å². The van der Waals surface area contributed by atoms with Gasteiger partial charge in [-0.1, -0.05) is 0 Å². The molecule has 0 spiro atoms. The Morgan fingerprint density at radius 1 is 1.11 bits per heavy atom. The van der Waals surface area contributed by atoms with Gasteiger partial charge in [0.05, 0.1) is 0 Å². The first-order chi connectivity index (χ1) is 3.73. The molecule has 0 radical (unpaired) electrons. The molecule has 0 unspecified atom stereocenters. The van der Waals surface area contributed by atoms with E-state index in [1.807, 2.05) is 0 Å². The van der Waals surface area contributed by atoms with E-state index in [0.29, 0.717) is 0 Å². The zero-order chi connectivity index (χ0) is 8.08. The molecule has 0 aromatic rings. The molecule has 0 heterocycles. The summed E-state index contributed by atoms with van der Waals surface area (Å²) in [6, 6.07) is 0. The molecule has 0 aliphatic heterocycles. The normalized spacial score (nSPS) is 9.11. The molecule has 56 valence electrons. The Morgan fingerprint density at radius 2 is 1.11 bits per heavy atom. The van der Waals surface area contributed by atoms with Gasteiger partial charge in [0.15, 0.2) is 0 Å². The molecule has 0 rings (SSSR count). The Morgan fingerprint density at radius 3 is 1.11 bits per heavy atom. The van der Waals surface area contributed by atoms with E-state index in [2.05, 4.69) is 0 Å². The van der Waals surface area contributed by atoms with E-state index < -0.39 is 25.9 Å². The van der Waals surface area contributed by atoms with Gasteiger partial charge in [-0.2, -0.15) is 0 Å². The quantitative estimate of drug-likeness (QED) is 0.332. The summed E-state index contributed by atoms with van der Waals surface area (Å²) in [7, 11) is -3.13. The fourth-order valence-electron chi connectivity index (χ4n) is 0. The van der Waals surface area contributed by atoms with Gasteiger partial charge in [0.25, 0.3) is 0 Å². The van der Waals surface area contributed by atoms with Crippen LogP contribution in [-0.2, 0) is 28.0 Å². The van der Waals surface area contributed by atoms with Gasteiger partial charge >= 0.3 is 40.2 Å². The molecule has 0 aromatic carbocycles. The van der Waals surface area contributed by atoms with Crippen LogP contribution in [0.2, 0.25) is 0 Å². The summed E-state index contributed by atoms with van der Waals surface area (Å²) in [6.07, 6.45) is 0. The minimum atomic E-state index is -5.52. The van der Waals surface area contributed by atoms with Gasteiger partial charge in [0, 0.05) is 0 Å². The van der Waals surface area contributed by atoms with Crippen LogP contribution in [-0.4, -0.2) is 26.3 Å². The Kier molecular flexibility index (Phi) is 6.03. The van der Waals surface area contributed by atoms with E-state index in [4.69, 9.17) is 28.4 Å². The predicted molar refractivity (Wildman–Crippen MR) is 16.7 cm³/mol. The summed E-state index contributed by atoms with van der Waals surface area (Å²) in [5, 5.41) is 0. The molecule has 0 bridgehead atoms. The molecule has 0 fully saturated rings. The Labute approximate surface area is 54.8 Å². The molecule has 0 aliphatic rings. The zero-order valence-electron chi connectivity index (χ0n) is 3.92. The molecule has 4 N–H and O–H groups in total. The molecule has 0 saturated heterocycles. The summed E-state index contributed by atoms with van der Waals surface area (Å²) in [6.45, 7) is 0. The molecule has 0 aromatic heterocycles. The van der Waals surface area contributed by atoms with Crippen molar-refractivity contribution in [3.05, 3.63) is 0 Å². The standard InChI is InChI=1S/Mo.H2O3Si.2H2O.2O/c;1-4(2)3;;;;/h;1-2H;2*1H2;;/q+2;;;;;/p-2. The summed E-state index contributed by atoms with van der Waals surface area (Å²) in [4.78, 5) is 14.3. The summed E-state index contributed by atoms with van der Waals surface area (Å²) in [5.41, 5.74) is 0. The van der Waals surface area contributed by atoms with Crippen LogP contribution in [0.5, 0.6) is 0 Å². The molecule has 0 saturated carbocycles. The third-order valence-electron chi connectivity index (χ3n) is 0. The van der Waals surface area contributed by atoms with Crippen LogP contribution in [0.4, 0.5) is 0 Å². The molecule has 0 aliphatic carbocycles. The van der Waals surface area contributed by atoms with Crippen molar-refractivity contribution in [2.24, 2.45) is 0 Å². The van der Waals surface area contributed by atoms with Crippen molar-refractivity contribution in [3.8, 4) is 0 Å². The van der Waals surface area contributed by atoms with E-state index in [-0.39, 0.29) is 0 Å². The maximum absolute atomic E-state index is 8.85. The van der Waals surface area contributed by atoms with E-state index in [9.17, 15) is 0 Å². The first-order valence-electron chi connectivity index (χ1n) is 1.35. The van der Waals surface area contributed by atoms with E-state index in [0.717, 1.165) is 0 Å². The monoisotopic (exact) mass is 242 g/mol. The second-order valence-electron chi connectivity index (χ2n) is 0.730. The van der Waals surface area contributed by atoms with E-state index in [1.54, 1.807) is 0 Å². The zero-order valence-corrected chi connectivity index (χ0v) is 6.93. The molecular weight excluding hydrogens is 236 g/mol. The molecule has 9 heavy (non-hydrogen) atoms. The van der Waals surface area contributed by atoms with Gasteiger partial charge < -0.3 is 9.59 Å². The van der Waals surface area contributed by atoms with Gasteiger partial charge in [-0.15, -0.1) is 0 Å². The van der Waals surface area contributed by atoms with Crippen molar-refractivity contribution in [1.29, 1.82) is 0 Å². The van der Waals surface area contributed by atoms with Gasteiger partial charge in [0.1, 0.15) is 0 Å². The second-order valence-corrected chi connectivity index (χ2v) is 3.50. The molecular formula is H4MoO7Si. The van der Waals surface area contributed by atoms with E-state index in [1.165, 1.54) is 0 Å². The summed E-state index contributed by atoms with van der Waals surface area (Å²) >= 11 is -5.52. The second kappa shape index (κ2) is 4.68. The van der Waals surface area contributed by atoms with Gasteiger partial charge in [-0.05, 0) is 0 Å². The SMILES string of the molecule is O=[Si](O)O.[O]=[Mo](=[O])([OH])[OH]. The van der Waals surface area contributed by atoms with Gasteiger partial charge in [-0.25, -0.2) is 0 Å². The molecule has 9 heteroatoms. The predicted octanol–water partition coefficient (Wildman–Crippen LogP) is -2.97. The van der Waals surface area contributed by atoms with E-state index >= 15 is 0 Å². The first kappa shape index (κ1) is 11.6. The average Bonchev–Trinajstić information content (AvgIpc) is 1.19. The van der Waals surface area contributed by atoms with Crippen LogP contribution >= 0.6 is 0 Å². The minimum absolute atomic E-state index is 3.13. The van der Waals surface area contributed by atoms with Gasteiger partial charge in [0.2, 0.25) is 0 Å². The summed E-state index contributed by atoms with van der Waals surface area (Å²) < 4.78 is 40.8. The third-order valence-corrected chi connectivity index (χ3v) is 0. The van der Waals surface area contributed by atoms with Crippen LogP contribution < -0.4 is 0 Å². The van der Waals surface area contributed by atoms with Crippen molar-refractivity contribution in [1.82, 2.24) is 0 Å². The first-order valence-corrected chi connectivity index (χ1v) is 6.09. The Bertz CT molecular complexity index is 151. The third kappa shape index (κ3) is 8690. The van der Waals surface area contributed by atoms with Crippen LogP contribution in [0, 0.1) is 0 Å². The van der Waals surface area contributed by atoms with Crippen LogP contribution in [0.1, 0.15) is 0 Å². The van der Waals surface area contributed by atoms with Crippen molar-refractivity contribution in [3.63, 3.8) is 0 Å². The molecule has 0 atom stereocenters. The van der Waals surface area contributed by atoms with Crippen molar-refractivity contribution >= 4 is 9.17 Å². The Balaban J connectivity index is 0. The van der Waals surface area contributed by atoms with Crippen LogP contribution in [0.3, 0.4) is 0 Å². The van der Waals surface area contributed by atoms with Crippen LogP contribution in [0.15, 0.2) is 0 Å². The van der Waals surface area contributed by atoms with Crippen molar-refractivity contribution < 1.29 is 45.1 Å². The average molecular weight is 240 g/mol. The maximum atomic E-state index is 8.85. The Hall–Kier alpha value is -0.175. The van der Waals surface area contributed by atoms with Crippen molar-refractivity contribution in [2.75, 3.05) is 0 Å². The molecule has 7 nitrogen and oxygen atoms in total.